The summed E-state index contributed by atoms with van der Waals surface area (Å²) < 4.78 is 20.6. The van der Waals surface area contributed by atoms with Crippen molar-refractivity contribution in [3.05, 3.63) is 47.8 Å². The summed E-state index contributed by atoms with van der Waals surface area (Å²) in [4.78, 5) is 4.63. The van der Waals surface area contributed by atoms with E-state index in [1.165, 1.54) is 5.56 Å². The SMILES string of the molecule is CCn1c(-c2cccnc2COC)c(CC(C)(C)CO)c2cc(B3OC(C)(C)C(C)(C)O3)ccc21. The van der Waals surface area contributed by atoms with Crippen LogP contribution in [0.25, 0.3) is 22.2 Å². The summed E-state index contributed by atoms with van der Waals surface area (Å²) in [5.41, 5.74) is 5.36. The number of benzene rings is 1. The van der Waals surface area contributed by atoms with Crippen molar-refractivity contribution in [1.82, 2.24) is 9.55 Å². The molecule has 0 unspecified atom stereocenters. The highest BCUT2D eigenvalue weighted by Gasteiger charge is 2.51. The van der Waals surface area contributed by atoms with Gasteiger partial charge in [-0.15, -0.1) is 0 Å². The molecule has 1 fully saturated rings. The van der Waals surface area contributed by atoms with Crippen LogP contribution in [-0.4, -0.2) is 46.7 Å². The fraction of sp³-hybridized carbons (Fsp3) is 0.536. The van der Waals surface area contributed by atoms with Gasteiger partial charge in [0, 0.05) is 42.9 Å². The molecule has 3 aromatic rings. The maximum absolute atomic E-state index is 10.2. The lowest BCUT2D eigenvalue weighted by molar-refractivity contribution is 0.00578. The average Bonchev–Trinajstić information content (AvgIpc) is 3.22. The molecule has 0 atom stereocenters. The number of fused-ring (bicyclic) bond motifs is 1. The average molecular weight is 478 g/mol. The molecule has 188 valence electrons. The zero-order valence-corrected chi connectivity index (χ0v) is 22.4. The van der Waals surface area contributed by atoms with E-state index >= 15 is 0 Å². The Balaban J connectivity index is 1.96. The number of aromatic nitrogens is 2. The summed E-state index contributed by atoms with van der Waals surface area (Å²) in [6.07, 6.45) is 2.53. The first-order valence-corrected chi connectivity index (χ1v) is 12.5. The number of nitrogens with zero attached hydrogens (tertiary/aromatic N) is 2. The molecule has 35 heavy (non-hydrogen) atoms. The number of aliphatic hydroxyl groups excluding tert-OH is 1. The van der Waals surface area contributed by atoms with Crippen LogP contribution in [0.2, 0.25) is 0 Å². The molecule has 0 aliphatic carbocycles. The van der Waals surface area contributed by atoms with Crippen molar-refractivity contribution >= 4 is 23.5 Å². The third-order valence-corrected chi connectivity index (χ3v) is 7.54. The van der Waals surface area contributed by atoms with Gasteiger partial charge in [0.05, 0.1) is 29.2 Å². The van der Waals surface area contributed by atoms with Gasteiger partial charge in [0.1, 0.15) is 0 Å². The van der Waals surface area contributed by atoms with E-state index in [-0.39, 0.29) is 12.0 Å². The van der Waals surface area contributed by atoms with Crippen molar-refractivity contribution in [1.29, 1.82) is 0 Å². The summed E-state index contributed by atoms with van der Waals surface area (Å²) in [6, 6.07) is 10.6. The lowest BCUT2D eigenvalue weighted by Gasteiger charge is -2.32. The number of aryl methyl sites for hydroxylation is 1. The summed E-state index contributed by atoms with van der Waals surface area (Å²) in [5, 5.41) is 11.3. The molecular formula is C28H39BN2O4. The molecule has 0 radical (unpaired) electrons. The van der Waals surface area contributed by atoms with Crippen LogP contribution in [0.4, 0.5) is 0 Å². The molecule has 0 saturated carbocycles. The highest BCUT2D eigenvalue weighted by molar-refractivity contribution is 6.62. The molecule has 1 aliphatic heterocycles. The standard InChI is InChI=1S/C28H39BN2O4/c1-9-31-24-13-12-19(29-34-27(4,5)28(6,7)35-29)15-21(24)22(16-26(2,3)18-32)25(31)20-11-10-14-30-23(20)17-33-8/h10-15,32H,9,16-18H2,1-8H3. The number of ether oxygens (including phenoxy) is 1. The quantitative estimate of drug-likeness (QED) is 0.475. The largest absolute Gasteiger partial charge is 0.494 e. The van der Waals surface area contributed by atoms with Crippen molar-refractivity contribution in [2.75, 3.05) is 13.7 Å². The molecule has 0 spiro atoms. The summed E-state index contributed by atoms with van der Waals surface area (Å²) in [5.74, 6) is 0. The minimum Gasteiger partial charge on any atom is -0.399 e. The van der Waals surface area contributed by atoms with Crippen molar-refractivity contribution in [3.63, 3.8) is 0 Å². The molecule has 7 heteroatoms. The Labute approximate surface area is 209 Å². The van der Waals surface area contributed by atoms with Crippen LogP contribution in [0, 0.1) is 5.41 Å². The van der Waals surface area contributed by atoms with E-state index in [1.54, 1.807) is 7.11 Å². The maximum atomic E-state index is 10.2. The van der Waals surface area contributed by atoms with Crippen molar-refractivity contribution in [2.45, 2.75) is 79.2 Å². The Morgan fingerprint density at radius 2 is 1.80 bits per heavy atom. The van der Waals surface area contributed by atoms with Gasteiger partial charge in [-0.25, -0.2) is 0 Å². The molecule has 0 bridgehead atoms. The number of hydrogen-bond donors (Lipinski definition) is 1. The molecular weight excluding hydrogens is 439 g/mol. The second-order valence-corrected chi connectivity index (χ2v) is 11.4. The summed E-state index contributed by atoms with van der Waals surface area (Å²) in [7, 11) is 1.26. The molecule has 4 rings (SSSR count). The highest BCUT2D eigenvalue weighted by atomic mass is 16.7. The van der Waals surface area contributed by atoms with Crippen LogP contribution in [0.15, 0.2) is 36.5 Å². The predicted molar refractivity (Wildman–Crippen MR) is 142 cm³/mol. The molecule has 2 aromatic heterocycles. The van der Waals surface area contributed by atoms with E-state index in [4.69, 9.17) is 14.0 Å². The predicted octanol–water partition coefficient (Wildman–Crippen LogP) is 4.73. The molecule has 1 aliphatic rings. The molecule has 0 amide bonds. The lowest BCUT2D eigenvalue weighted by Crippen LogP contribution is -2.41. The first kappa shape index (κ1) is 25.9. The van der Waals surface area contributed by atoms with Crippen molar-refractivity contribution in [3.8, 4) is 11.3 Å². The smallest absolute Gasteiger partial charge is 0.399 e. The van der Waals surface area contributed by atoms with Crippen LogP contribution in [-0.2, 0) is 33.6 Å². The van der Waals surface area contributed by atoms with Gasteiger partial charge in [-0.1, -0.05) is 26.0 Å². The molecule has 1 aromatic carbocycles. The Morgan fingerprint density at radius 3 is 2.40 bits per heavy atom. The van der Waals surface area contributed by atoms with Crippen molar-refractivity contribution in [2.24, 2.45) is 5.41 Å². The second-order valence-electron chi connectivity index (χ2n) is 11.4. The summed E-state index contributed by atoms with van der Waals surface area (Å²) in [6.45, 7) is 16.0. The number of aliphatic hydroxyl groups is 1. The molecule has 1 N–H and O–H groups in total. The van der Waals surface area contributed by atoms with Gasteiger partial charge >= 0.3 is 7.12 Å². The topological polar surface area (TPSA) is 65.7 Å². The molecule has 1 saturated heterocycles. The molecule has 3 heterocycles. The van der Waals surface area contributed by atoms with E-state index in [2.05, 4.69) is 82.3 Å². The van der Waals surface area contributed by atoms with Gasteiger partial charge in [0.2, 0.25) is 0 Å². The number of hydrogen-bond acceptors (Lipinski definition) is 5. The van der Waals surface area contributed by atoms with E-state index < -0.39 is 18.3 Å². The third-order valence-electron chi connectivity index (χ3n) is 7.54. The van der Waals surface area contributed by atoms with Gasteiger partial charge in [-0.2, -0.15) is 0 Å². The zero-order chi connectivity index (χ0) is 25.6. The van der Waals surface area contributed by atoms with E-state index in [0.717, 1.165) is 46.3 Å². The number of rotatable bonds is 8. The fourth-order valence-corrected chi connectivity index (χ4v) is 4.82. The summed E-state index contributed by atoms with van der Waals surface area (Å²) >= 11 is 0. The highest BCUT2D eigenvalue weighted by Crippen LogP contribution is 2.40. The Kier molecular flexibility index (Phi) is 6.92. The fourth-order valence-electron chi connectivity index (χ4n) is 4.82. The minimum absolute atomic E-state index is 0.0973. The van der Waals surface area contributed by atoms with Crippen molar-refractivity contribution < 1.29 is 19.2 Å². The molecule has 6 nitrogen and oxygen atoms in total. The first-order valence-electron chi connectivity index (χ1n) is 12.5. The Bertz CT molecular complexity index is 1200. The lowest BCUT2D eigenvalue weighted by atomic mass is 9.77. The first-order chi connectivity index (χ1) is 16.4. The van der Waals surface area contributed by atoms with Crippen LogP contribution in [0.1, 0.15) is 59.7 Å². The van der Waals surface area contributed by atoms with Gasteiger partial charge in [-0.3, -0.25) is 4.98 Å². The second kappa shape index (κ2) is 9.36. The Morgan fingerprint density at radius 1 is 1.11 bits per heavy atom. The van der Waals surface area contributed by atoms with E-state index in [0.29, 0.717) is 6.61 Å². The number of pyridine rings is 1. The van der Waals surface area contributed by atoms with Gasteiger partial charge in [-0.05, 0) is 75.7 Å². The Hall–Kier alpha value is -2.19. The van der Waals surface area contributed by atoms with Crippen LogP contribution < -0.4 is 5.46 Å². The van der Waals surface area contributed by atoms with Gasteiger partial charge in [0.15, 0.2) is 0 Å². The van der Waals surface area contributed by atoms with Crippen LogP contribution >= 0.6 is 0 Å². The normalized spacial score (nSPS) is 17.5. The van der Waals surface area contributed by atoms with Crippen LogP contribution in [0.5, 0.6) is 0 Å². The van der Waals surface area contributed by atoms with Gasteiger partial charge < -0.3 is 23.7 Å². The monoisotopic (exact) mass is 478 g/mol. The third kappa shape index (κ3) is 4.67. The van der Waals surface area contributed by atoms with Crippen LogP contribution in [0.3, 0.4) is 0 Å². The van der Waals surface area contributed by atoms with E-state index in [1.807, 2.05) is 12.3 Å². The minimum atomic E-state index is -0.432. The van der Waals surface area contributed by atoms with Gasteiger partial charge in [0.25, 0.3) is 0 Å². The zero-order valence-electron chi connectivity index (χ0n) is 22.4. The van der Waals surface area contributed by atoms with E-state index in [9.17, 15) is 5.11 Å². The maximum Gasteiger partial charge on any atom is 0.494 e. The number of methoxy groups -OCH3 is 1.